The van der Waals surface area contributed by atoms with Crippen LogP contribution in [0, 0.1) is 0 Å². The maximum Gasteiger partial charge on any atom is 0.191 e. The zero-order valence-corrected chi connectivity index (χ0v) is 13.1. The first-order valence-corrected chi connectivity index (χ1v) is 7.25. The van der Waals surface area contributed by atoms with Crippen LogP contribution in [-0.2, 0) is 6.54 Å². The van der Waals surface area contributed by atoms with Gasteiger partial charge in [0, 0.05) is 27.7 Å². The maximum absolute atomic E-state index is 4.57. The molecular formula is C15H27N5. The number of rotatable bonds is 7. The number of hydrogen-bond acceptors (Lipinski definition) is 3. The van der Waals surface area contributed by atoms with Crippen LogP contribution in [-0.4, -0.2) is 38.6 Å². The van der Waals surface area contributed by atoms with Gasteiger partial charge in [0.15, 0.2) is 5.96 Å². The highest BCUT2D eigenvalue weighted by Crippen LogP contribution is 2.07. The Bertz CT molecular complexity index is 414. The van der Waals surface area contributed by atoms with E-state index in [-0.39, 0.29) is 0 Å². The lowest BCUT2D eigenvalue weighted by molar-refractivity contribution is 0.681. The fourth-order valence-electron chi connectivity index (χ4n) is 1.79. The second-order valence-corrected chi connectivity index (χ2v) is 4.94. The van der Waals surface area contributed by atoms with Gasteiger partial charge in [0.05, 0.1) is 12.2 Å². The van der Waals surface area contributed by atoms with Gasteiger partial charge in [-0.15, -0.1) is 0 Å². The highest BCUT2D eigenvalue weighted by molar-refractivity contribution is 5.79. The van der Waals surface area contributed by atoms with Crippen LogP contribution in [0.3, 0.4) is 0 Å². The molecule has 2 N–H and O–H groups in total. The predicted molar refractivity (Wildman–Crippen MR) is 86.3 cm³/mol. The average molecular weight is 277 g/mol. The molecule has 0 saturated carbocycles. The van der Waals surface area contributed by atoms with Crippen LogP contribution in [0.25, 0.3) is 0 Å². The van der Waals surface area contributed by atoms with E-state index in [4.69, 9.17) is 0 Å². The van der Waals surface area contributed by atoms with Gasteiger partial charge in [0.1, 0.15) is 5.82 Å². The molecule has 0 aliphatic heterocycles. The first-order chi connectivity index (χ1) is 9.67. The van der Waals surface area contributed by atoms with E-state index in [1.54, 1.807) is 7.05 Å². The van der Waals surface area contributed by atoms with Gasteiger partial charge in [-0.1, -0.05) is 25.8 Å². The van der Waals surface area contributed by atoms with Gasteiger partial charge in [-0.05, 0) is 18.6 Å². The zero-order valence-electron chi connectivity index (χ0n) is 13.1. The molecule has 20 heavy (non-hydrogen) atoms. The molecule has 0 fully saturated rings. The van der Waals surface area contributed by atoms with Gasteiger partial charge in [-0.25, -0.2) is 4.98 Å². The van der Waals surface area contributed by atoms with Crippen molar-refractivity contribution >= 4 is 11.8 Å². The molecule has 0 unspecified atom stereocenters. The molecule has 1 aromatic heterocycles. The van der Waals surface area contributed by atoms with Crippen molar-refractivity contribution in [3.8, 4) is 0 Å². The Morgan fingerprint density at radius 3 is 2.70 bits per heavy atom. The van der Waals surface area contributed by atoms with E-state index >= 15 is 0 Å². The third-order valence-electron chi connectivity index (χ3n) is 2.98. The first kappa shape index (κ1) is 16.3. The van der Waals surface area contributed by atoms with Crippen LogP contribution in [0.1, 0.15) is 31.9 Å². The quantitative estimate of drug-likeness (QED) is 0.455. The van der Waals surface area contributed by atoms with E-state index in [9.17, 15) is 0 Å². The fraction of sp³-hybridized carbons (Fsp3) is 0.600. The molecule has 0 atom stereocenters. The predicted octanol–water partition coefficient (Wildman–Crippen LogP) is 2.00. The minimum Gasteiger partial charge on any atom is -0.363 e. The Morgan fingerprint density at radius 2 is 2.05 bits per heavy atom. The lowest BCUT2D eigenvalue weighted by Gasteiger charge is -2.14. The van der Waals surface area contributed by atoms with Crippen molar-refractivity contribution in [2.75, 3.05) is 32.6 Å². The number of hydrogen-bond donors (Lipinski definition) is 2. The van der Waals surface area contributed by atoms with Gasteiger partial charge in [0.2, 0.25) is 0 Å². The molecule has 5 nitrogen and oxygen atoms in total. The molecule has 0 amide bonds. The summed E-state index contributed by atoms with van der Waals surface area (Å²) >= 11 is 0. The van der Waals surface area contributed by atoms with Gasteiger partial charge >= 0.3 is 0 Å². The standard InChI is InChI=1S/C15H27N5/c1-5-6-7-11-17-15(16-2)18-12-13-9-8-10-14(19-13)20(3)4/h8-10H,5-7,11-12H2,1-4H3,(H2,16,17,18). The van der Waals surface area contributed by atoms with Crippen molar-refractivity contribution in [3.05, 3.63) is 23.9 Å². The van der Waals surface area contributed by atoms with Gasteiger partial charge in [-0.3, -0.25) is 4.99 Å². The van der Waals surface area contributed by atoms with Crippen LogP contribution < -0.4 is 15.5 Å². The number of unbranched alkanes of at least 4 members (excludes halogenated alkanes) is 2. The molecule has 5 heteroatoms. The van der Waals surface area contributed by atoms with Gasteiger partial charge in [-0.2, -0.15) is 0 Å². The Morgan fingerprint density at radius 1 is 1.25 bits per heavy atom. The SMILES string of the molecule is CCCCCNC(=NC)NCc1cccc(N(C)C)n1. The van der Waals surface area contributed by atoms with Crippen LogP contribution >= 0.6 is 0 Å². The van der Waals surface area contributed by atoms with E-state index in [0.717, 1.165) is 24.0 Å². The minimum atomic E-state index is 0.676. The number of guanidine groups is 1. The van der Waals surface area contributed by atoms with Crippen LogP contribution in [0.4, 0.5) is 5.82 Å². The molecular weight excluding hydrogens is 250 g/mol. The lowest BCUT2D eigenvalue weighted by Crippen LogP contribution is -2.37. The maximum atomic E-state index is 4.57. The molecule has 1 heterocycles. The van der Waals surface area contributed by atoms with Crippen molar-refractivity contribution < 1.29 is 0 Å². The van der Waals surface area contributed by atoms with Crippen molar-refractivity contribution in [1.82, 2.24) is 15.6 Å². The summed E-state index contributed by atoms with van der Waals surface area (Å²) in [5.74, 6) is 1.80. The summed E-state index contributed by atoms with van der Waals surface area (Å²) in [5, 5.41) is 6.60. The van der Waals surface area contributed by atoms with Gasteiger partial charge < -0.3 is 15.5 Å². The molecule has 0 aliphatic rings. The summed E-state index contributed by atoms with van der Waals surface area (Å²) in [6.07, 6.45) is 3.65. The lowest BCUT2D eigenvalue weighted by atomic mass is 10.2. The minimum absolute atomic E-state index is 0.676. The summed E-state index contributed by atoms with van der Waals surface area (Å²) in [7, 11) is 5.78. The Balaban J connectivity index is 2.42. The van der Waals surface area contributed by atoms with E-state index in [1.165, 1.54) is 19.3 Å². The highest BCUT2D eigenvalue weighted by atomic mass is 15.2. The number of aliphatic imine (C=N–C) groups is 1. The first-order valence-electron chi connectivity index (χ1n) is 7.25. The molecule has 0 bridgehead atoms. The van der Waals surface area contributed by atoms with Crippen molar-refractivity contribution in [1.29, 1.82) is 0 Å². The fourth-order valence-corrected chi connectivity index (χ4v) is 1.79. The largest absolute Gasteiger partial charge is 0.363 e. The second kappa shape index (κ2) is 9.18. The van der Waals surface area contributed by atoms with Crippen LogP contribution in [0.5, 0.6) is 0 Å². The molecule has 0 aromatic carbocycles. The molecule has 112 valence electrons. The topological polar surface area (TPSA) is 52.6 Å². The molecule has 0 aliphatic carbocycles. The second-order valence-electron chi connectivity index (χ2n) is 4.94. The van der Waals surface area contributed by atoms with E-state index in [0.29, 0.717) is 6.54 Å². The molecule has 0 radical (unpaired) electrons. The van der Waals surface area contributed by atoms with Crippen LogP contribution in [0.2, 0.25) is 0 Å². The van der Waals surface area contributed by atoms with Crippen molar-refractivity contribution in [2.24, 2.45) is 4.99 Å². The summed E-state index contributed by atoms with van der Waals surface area (Å²) in [6.45, 7) is 3.84. The summed E-state index contributed by atoms with van der Waals surface area (Å²) in [6, 6.07) is 6.04. The van der Waals surface area contributed by atoms with Crippen molar-refractivity contribution in [3.63, 3.8) is 0 Å². The van der Waals surface area contributed by atoms with E-state index in [1.807, 2.05) is 37.2 Å². The van der Waals surface area contributed by atoms with E-state index < -0.39 is 0 Å². The van der Waals surface area contributed by atoms with Gasteiger partial charge in [0.25, 0.3) is 0 Å². The van der Waals surface area contributed by atoms with Crippen LogP contribution in [0.15, 0.2) is 23.2 Å². The Hall–Kier alpha value is -1.78. The molecule has 0 saturated heterocycles. The third-order valence-corrected chi connectivity index (χ3v) is 2.98. The summed E-state index contributed by atoms with van der Waals surface area (Å²) in [4.78, 5) is 10.8. The Labute approximate surface area is 122 Å². The summed E-state index contributed by atoms with van der Waals surface area (Å²) < 4.78 is 0. The number of aromatic nitrogens is 1. The number of pyridine rings is 1. The van der Waals surface area contributed by atoms with Crippen molar-refractivity contribution in [2.45, 2.75) is 32.7 Å². The smallest absolute Gasteiger partial charge is 0.191 e. The molecule has 1 rings (SSSR count). The normalized spacial score (nSPS) is 11.3. The Kier molecular flexibility index (Phi) is 7.47. The number of anilines is 1. The molecule has 1 aromatic rings. The number of nitrogens with one attached hydrogen (secondary N) is 2. The molecule has 0 spiro atoms. The zero-order chi connectivity index (χ0) is 14.8. The monoisotopic (exact) mass is 277 g/mol. The summed E-state index contributed by atoms with van der Waals surface area (Å²) in [5.41, 5.74) is 1.01. The highest BCUT2D eigenvalue weighted by Gasteiger charge is 2.01. The van der Waals surface area contributed by atoms with E-state index in [2.05, 4.69) is 27.5 Å². The number of nitrogens with zero attached hydrogens (tertiary/aromatic N) is 3. The third kappa shape index (κ3) is 5.91. The average Bonchev–Trinajstić information content (AvgIpc) is 2.47.